The Labute approximate surface area is 146 Å². The van der Waals surface area contributed by atoms with Crippen LogP contribution in [0.4, 0.5) is 0 Å². The Morgan fingerprint density at radius 3 is 2.60 bits per heavy atom. The van der Waals surface area contributed by atoms with Gasteiger partial charge in [0.25, 0.3) is 5.91 Å². The smallest absolute Gasteiger partial charge is 0.273 e. The van der Waals surface area contributed by atoms with Crippen molar-refractivity contribution in [2.75, 3.05) is 0 Å². The first kappa shape index (κ1) is 16.9. The molecule has 3 aromatic rings. The normalized spacial score (nSPS) is 12.6. The molecule has 1 heterocycles. The van der Waals surface area contributed by atoms with Crippen molar-refractivity contribution in [1.29, 1.82) is 0 Å². The van der Waals surface area contributed by atoms with Gasteiger partial charge in [-0.2, -0.15) is 5.10 Å². The molecule has 0 unspecified atom stereocenters. The van der Waals surface area contributed by atoms with Gasteiger partial charge in [-0.05, 0) is 25.5 Å². The maximum atomic E-state index is 12.1. The zero-order chi connectivity index (χ0) is 17.8. The van der Waals surface area contributed by atoms with E-state index >= 15 is 0 Å². The van der Waals surface area contributed by atoms with Crippen LogP contribution in [0.1, 0.15) is 29.8 Å². The number of aliphatic hydroxyl groups is 1. The highest BCUT2D eigenvalue weighted by molar-refractivity contribution is 6.01. The number of carbonyl (C=O) groups excluding carboxylic acids is 1. The number of aryl methyl sites for hydroxylation is 1. The number of fused-ring (bicyclic) bond motifs is 1. The van der Waals surface area contributed by atoms with Crippen LogP contribution in [0, 0.1) is 6.92 Å². The molecule has 1 atom stereocenters. The predicted octanol–water partition coefficient (Wildman–Crippen LogP) is 3.15. The standard InChI is InChI=1S/C20H21N3O2/c1-3-23-14(2)17(16-11-7-8-12-18(16)23)13-21-22-20(25)19(24)15-9-5-4-6-10-15/h4-13,19,24H,3H2,1-2H3,(H,22,25)/b21-13-/t19-/m1/s1. The van der Waals surface area contributed by atoms with Crippen LogP contribution >= 0.6 is 0 Å². The number of carbonyl (C=O) groups is 1. The number of benzene rings is 2. The second-order valence-electron chi connectivity index (χ2n) is 5.81. The Balaban J connectivity index is 1.80. The van der Waals surface area contributed by atoms with Gasteiger partial charge in [-0.25, -0.2) is 5.43 Å². The van der Waals surface area contributed by atoms with Gasteiger partial charge in [-0.15, -0.1) is 0 Å². The van der Waals surface area contributed by atoms with E-state index in [1.807, 2.05) is 31.2 Å². The highest BCUT2D eigenvalue weighted by atomic mass is 16.3. The van der Waals surface area contributed by atoms with Crippen molar-refractivity contribution in [2.45, 2.75) is 26.5 Å². The first-order valence-electron chi connectivity index (χ1n) is 8.27. The fourth-order valence-electron chi connectivity index (χ4n) is 3.04. The average Bonchev–Trinajstić information content (AvgIpc) is 2.93. The summed E-state index contributed by atoms with van der Waals surface area (Å²) in [4.78, 5) is 12.1. The largest absolute Gasteiger partial charge is 0.378 e. The van der Waals surface area contributed by atoms with E-state index in [0.717, 1.165) is 28.7 Å². The molecule has 2 N–H and O–H groups in total. The summed E-state index contributed by atoms with van der Waals surface area (Å²) in [5.41, 5.74) is 6.15. The minimum absolute atomic E-state index is 0.536. The first-order valence-corrected chi connectivity index (χ1v) is 8.27. The molecule has 2 aromatic carbocycles. The molecule has 25 heavy (non-hydrogen) atoms. The van der Waals surface area contributed by atoms with Gasteiger partial charge in [0.2, 0.25) is 0 Å². The third kappa shape index (κ3) is 3.32. The lowest BCUT2D eigenvalue weighted by atomic mass is 10.1. The molecule has 5 nitrogen and oxygen atoms in total. The van der Waals surface area contributed by atoms with E-state index < -0.39 is 12.0 Å². The molecule has 128 valence electrons. The van der Waals surface area contributed by atoms with Crippen LogP contribution in [0.5, 0.6) is 0 Å². The number of hydrogen-bond acceptors (Lipinski definition) is 3. The Morgan fingerprint density at radius 1 is 1.20 bits per heavy atom. The lowest BCUT2D eigenvalue weighted by Crippen LogP contribution is -2.25. The molecule has 1 aromatic heterocycles. The van der Waals surface area contributed by atoms with E-state index in [0.29, 0.717) is 5.56 Å². The molecule has 0 aliphatic rings. The molecular weight excluding hydrogens is 314 g/mol. The van der Waals surface area contributed by atoms with Gasteiger partial charge in [0.1, 0.15) is 0 Å². The highest BCUT2D eigenvalue weighted by Gasteiger charge is 2.16. The molecular formula is C20H21N3O2. The van der Waals surface area contributed by atoms with Gasteiger partial charge in [0, 0.05) is 28.7 Å². The van der Waals surface area contributed by atoms with Crippen molar-refractivity contribution in [3.8, 4) is 0 Å². The number of hydrazone groups is 1. The third-order valence-corrected chi connectivity index (χ3v) is 4.33. The maximum absolute atomic E-state index is 12.1. The molecule has 0 fully saturated rings. The van der Waals surface area contributed by atoms with Crippen LogP contribution in [-0.2, 0) is 11.3 Å². The number of aromatic nitrogens is 1. The van der Waals surface area contributed by atoms with Crippen LogP contribution < -0.4 is 5.43 Å². The molecule has 0 aliphatic heterocycles. The molecule has 0 saturated carbocycles. The number of hydrogen-bond donors (Lipinski definition) is 2. The highest BCUT2D eigenvalue weighted by Crippen LogP contribution is 2.24. The first-order chi connectivity index (χ1) is 12.1. The Morgan fingerprint density at radius 2 is 1.88 bits per heavy atom. The summed E-state index contributed by atoms with van der Waals surface area (Å²) in [6, 6.07) is 16.9. The van der Waals surface area contributed by atoms with Crippen molar-refractivity contribution >= 4 is 23.0 Å². The summed E-state index contributed by atoms with van der Waals surface area (Å²) in [5, 5.41) is 15.2. The van der Waals surface area contributed by atoms with Gasteiger partial charge >= 0.3 is 0 Å². The van der Waals surface area contributed by atoms with E-state index in [4.69, 9.17) is 0 Å². The monoisotopic (exact) mass is 335 g/mol. The molecule has 3 rings (SSSR count). The quantitative estimate of drug-likeness (QED) is 0.555. The Hall–Kier alpha value is -2.92. The van der Waals surface area contributed by atoms with E-state index in [1.54, 1.807) is 30.5 Å². The van der Waals surface area contributed by atoms with Gasteiger partial charge in [0.15, 0.2) is 6.10 Å². The SMILES string of the molecule is CCn1c(C)c(/C=N\NC(=O)[C@H](O)c2ccccc2)c2ccccc21. The molecule has 0 bridgehead atoms. The van der Waals surface area contributed by atoms with E-state index in [1.165, 1.54) is 0 Å². The molecule has 0 radical (unpaired) electrons. The summed E-state index contributed by atoms with van der Waals surface area (Å²) in [5.74, 6) is -0.556. The fourth-order valence-corrected chi connectivity index (χ4v) is 3.04. The van der Waals surface area contributed by atoms with Crippen LogP contribution in [-0.4, -0.2) is 21.8 Å². The Bertz CT molecular complexity index is 913. The van der Waals surface area contributed by atoms with Crippen molar-refractivity contribution in [2.24, 2.45) is 5.10 Å². The van der Waals surface area contributed by atoms with Crippen molar-refractivity contribution in [3.05, 3.63) is 71.4 Å². The van der Waals surface area contributed by atoms with E-state index in [-0.39, 0.29) is 0 Å². The summed E-state index contributed by atoms with van der Waals surface area (Å²) in [6.07, 6.45) is 0.399. The number of para-hydroxylation sites is 1. The number of amides is 1. The molecule has 0 aliphatic carbocycles. The van der Waals surface area contributed by atoms with Gasteiger partial charge in [-0.1, -0.05) is 48.5 Å². The lowest BCUT2D eigenvalue weighted by molar-refractivity contribution is -0.129. The van der Waals surface area contributed by atoms with Crippen LogP contribution in [0.15, 0.2) is 59.7 Å². The van der Waals surface area contributed by atoms with Gasteiger partial charge < -0.3 is 9.67 Å². The van der Waals surface area contributed by atoms with E-state index in [9.17, 15) is 9.90 Å². The third-order valence-electron chi connectivity index (χ3n) is 4.33. The number of nitrogens with zero attached hydrogens (tertiary/aromatic N) is 2. The molecule has 1 amide bonds. The van der Waals surface area contributed by atoms with Crippen LogP contribution in [0.3, 0.4) is 0 Å². The Kier molecular flexibility index (Phi) is 4.95. The number of aliphatic hydroxyl groups excluding tert-OH is 1. The summed E-state index contributed by atoms with van der Waals surface area (Å²) < 4.78 is 2.21. The summed E-state index contributed by atoms with van der Waals surface area (Å²) >= 11 is 0. The maximum Gasteiger partial charge on any atom is 0.273 e. The van der Waals surface area contributed by atoms with Gasteiger partial charge in [-0.3, -0.25) is 4.79 Å². The molecule has 0 saturated heterocycles. The second-order valence-corrected chi connectivity index (χ2v) is 5.81. The topological polar surface area (TPSA) is 66.6 Å². The average molecular weight is 335 g/mol. The summed E-state index contributed by atoms with van der Waals surface area (Å²) in [7, 11) is 0. The predicted molar refractivity (Wildman–Crippen MR) is 99.5 cm³/mol. The number of nitrogens with one attached hydrogen (secondary N) is 1. The number of rotatable bonds is 5. The van der Waals surface area contributed by atoms with E-state index in [2.05, 4.69) is 28.1 Å². The van der Waals surface area contributed by atoms with Crippen LogP contribution in [0.2, 0.25) is 0 Å². The minimum Gasteiger partial charge on any atom is -0.378 e. The molecule has 5 heteroatoms. The molecule has 0 spiro atoms. The van der Waals surface area contributed by atoms with Gasteiger partial charge in [0.05, 0.1) is 6.21 Å². The van der Waals surface area contributed by atoms with Crippen molar-refractivity contribution in [1.82, 2.24) is 9.99 Å². The lowest BCUT2D eigenvalue weighted by Gasteiger charge is -2.08. The zero-order valence-corrected chi connectivity index (χ0v) is 14.3. The second kappa shape index (κ2) is 7.32. The van der Waals surface area contributed by atoms with Crippen LogP contribution in [0.25, 0.3) is 10.9 Å². The van der Waals surface area contributed by atoms with Crippen molar-refractivity contribution in [3.63, 3.8) is 0 Å². The zero-order valence-electron chi connectivity index (χ0n) is 14.3. The van der Waals surface area contributed by atoms with Crippen molar-refractivity contribution < 1.29 is 9.90 Å². The summed E-state index contributed by atoms with van der Waals surface area (Å²) in [6.45, 7) is 4.99. The minimum atomic E-state index is -1.24. The fraction of sp³-hybridized carbons (Fsp3) is 0.200.